The molecule has 1 aromatic carbocycles. The van der Waals surface area contributed by atoms with Crippen LogP contribution in [-0.2, 0) is 0 Å². The van der Waals surface area contributed by atoms with Crippen LogP contribution in [-0.4, -0.2) is 25.7 Å². The zero-order chi connectivity index (χ0) is 14.3. The topological polar surface area (TPSA) is 67.5 Å². The van der Waals surface area contributed by atoms with Gasteiger partial charge in [-0.3, -0.25) is 0 Å². The summed E-state index contributed by atoms with van der Waals surface area (Å²) < 4.78 is 1.53. The summed E-state index contributed by atoms with van der Waals surface area (Å²) in [5.74, 6) is -1.02. The minimum absolute atomic E-state index is 0.137. The summed E-state index contributed by atoms with van der Waals surface area (Å²) >= 11 is 5.99. The van der Waals surface area contributed by atoms with Crippen LogP contribution in [0.3, 0.4) is 0 Å². The minimum Gasteiger partial charge on any atom is -0.478 e. The predicted octanol–water partition coefficient (Wildman–Crippen LogP) is 3.06. The van der Waals surface area contributed by atoms with Crippen molar-refractivity contribution in [3.63, 3.8) is 0 Å². The van der Waals surface area contributed by atoms with Gasteiger partial charge in [-0.15, -0.1) is 0 Å². The quantitative estimate of drug-likeness (QED) is 0.786. The number of hydrogen-bond acceptors (Lipinski definition) is 3. The lowest BCUT2D eigenvalue weighted by atomic mass is 10.1. The number of aryl methyl sites for hydroxylation is 1. The second-order valence-corrected chi connectivity index (χ2v) is 4.80. The molecule has 0 radical (unpaired) electrons. The smallest absolute Gasteiger partial charge is 0.339 e. The van der Waals surface area contributed by atoms with E-state index < -0.39 is 5.97 Å². The first kappa shape index (κ1) is 12.6. The highest BCUT2D eigenvalue weighted by Crippen LogP contribution is 2.26. The zero-order valence-corrected chi connectivity index (χ0v) is 11.3. The maximum atomic E-state index is 11.1. The lowest BCUT2D eigenvalue weighted by molar-refractivity contribution is 0.0695. The highest BCUT2D eigenvalue weighted by atomic mass is 35.5. The molecule has 20 heavy (non-hydrogen) atoms. The van der Waals surface area contributed by atoms with Crippen LogP contribution in [0, 0.1) is 6.92 Å². The first-order valence-corrected chi connectivity index (χ1v) is 6.28. The number of carboxylic acids is 1. The van der Waals surface area contributed by atoms with E-state index in [1.807, 2.05) is 18.2 Å². The van der Waals surface area contributed by atoms with E-state index in [0.29, 0.717) is 16.4 Å². The Morgan fingerprint density at radius 2 is 2.15 bits per heavy atom. The first-order chi connectivity index (χ1) is 9.58. The molecule has 0 bridgehead atoms. The Kier molecular flexibility index (Phi) is 2.91. The maximum absolute atomic E-state index is 11.1. The Balaban J connectivity index is 2.25. The third-order valence-electron chi connectivity index (χ3n) is 3.13. The Hall–Kier alpha value is -2.40. The number of hydrogen-bond donors (Lipinski definition) is 1. The number of aromatic carboxylic acids is 1. The van der Waals surface area contributed by atoms with Crippen molar-refractivity contribution in [3.05, 3.63) is 52.9 Å². The van der Waals surface area contributed by atoms with E-state index in [0.717, 1.165) is 11.1 Å². The molecule has 6 heteroatoms. The molecule has 0 saturated carbocycles. The van der Waals surface area contributed by atoms with Crippen LogP contribution >= 0.6 is 11.6 Å². The molecule has 3 rings (SSSR count). The number of aromatic nitrogens is 3. The lowest BCUT2D eigenvalue weighted by Gasteiger charge is -2.04. The van der Waals surface area contributed by atoms with Gasteiger partial charge in [0.1, 0.15) is 0 Å². The van der Waals surface area contributed by atoms with Crippen LogP contribution in [0.15, 0.2) is 36.7 Å². The molecule has 0 fully saturated rings. The summed E-state index contributed by atoms with van der Waals surface area (Å²) in [6.45, 7) is 1.70. The van der Waals surface area contributed by atoms with Gasteiger partial charge in [-0.1, -0.05) is 23.7 Å². The molecule has 0 saturated heterocycles. The highest BCUT2D eigenvalue weighted by Gasteiger charge is 2.15. The van der Waals surface area contributed by atoms with E-state index in [4.69, 9.17) is 16.7 Å². The van der Waals surface area contributed by atoms with E-state index in [-0.39, 0.29) is 5.56 Å². The summed E-state index contributed by atoms with van der Waals surface area (Å²) in [5.41, 5.74) is 2.99. The standard InChI is InChI=1S/C14H10ClN3O2/c1-8-11(14(19)20)6-16-13-12(7-17-18(8)13)9-3-2-4-10(15)5-9/h2-7H,1H3,(H,19,20). The van der Waals surface area contributed by atoms with Crippen molar-refractivity contribution < 1.29 is 9.90 Å². The molecule has 2 aromatic heterocycles. The third-order valence-corrected chi connectivity index (χ3v) is 3.37. The van der Waals surface area contributed by atoms with Gasteiger partial charge < -0.3 is 5.11 Å². The van der Waals surface area contributed by atoms with Crippen molar-refractivity contribution in [2.24, 2.45) is 0 Å². The molecule has 1 N–H and O–H groups in total. The van der Waals surface area contributed by atoms with Crippen LogP contribution < -0.4 is 0 Å². The fourth-order valence-corrected chi connectivity index (χ4v) is 2.30. The number of carboxylic acid groups (broad SMARTS) is 1. The van der Waals surface area contributed by atoms with E-state index in [2.05, 4.69) is 10.1 Å². The largest absolute Gasteiger partial charge is 0.478 e. The summed E-state index contributed by atoms with van der Waals surface area (Å²) in [5, 5.41) is 13.9. The van der Waals surface area contributed by atoms with E-state index in [1.165, 1.54) is 10.7 Å². The molecule has 0 spiro atoms. The number of rotatable bonds is 2. The maximum Gasteiger partial charge on any atom is 0.339 e. The SMILES string of the molecule is Cc1c(C(=O)O)cnc2c(-c3cccc(Cl)c3)cnn12. The van der Waals surface area contributed by atoms with Gasteiger partial charge in [0, 0.05) is 16.8 Å². The predicted molar refractivity (Wildman–Crippen MR) is 75.1 cm³/mol. The molecule has 0 aliphatic carbocycles. The first-order valence-electron chi connectivity index (χ1n) is 5.90. The van der Waals surface area contributed by atoms with Gasteiger partial charge >= 0.3 is 5.97 Å². The molecule has 0 aliphatic rings. The molecule has 0 atom stereocenters. The normalized spacial score (nSPS) is 10.9. The molecule has 3 aromatic rings. The van der Waals surface area contributed by atoms with Crippen molar-refractivity contribution in [1.82, 2.24) is 14.6 Å². The van der Waals surface area contributed by atoms with Gasteiger partial charge in [0.15, 0.2) is 5.65 Å². The molecule has 100 valence electrons. The highest BCUT2D eigenvalue weighted by molar-refractivity contribution is 6.30. The van der Waals surface area contributed by atoms with Crippen LogP contribution in [0.4, 0.5) is 0 Å². The van der Waals surface area contributed by atoms with Gasteiger partial charge in [0.2, 0.25) is 0 Å². The van der Waals surface area contributed by atoms with Crippen LogP contribution in [0.2, 0.25) is 5.02 Å². The van der Waals surface area contributed by atoms with Gasteiger partial charge in [-0.05, 0) is 24.6 Å². The van der Waals surface area contributed by atoms with Gasteiger partial charge in [-0.2, -0.15) is 5.10 Å². The van der Waals surface area contributed by atoms with E-state index >= 15 is 0 Å². The number of benzene rings is 1. The second-order valence-electron chi connectivity index (χ2n) is 4.37. The monoisotopic (exact) mass is 287 g/mol. The Morgan fingerprint density at radius 3 is 2.85 bits per heavy atom. The lowest BCUT2D eigenvalue weighted by Crippen LogP contribution is -2.06. The Bertz CT molecular complexity index is 826. The average Bonchev–Trinajstić information content (AvgIpc) is 2.83. The summed E-state index contributed by atoms with van der Waals surface area (Å²) in [4.78, 5) is 15.3. The molecular formula is C14H10ClN3O2. The molecule has 2 heterocycles. The van der Waals surface area contributed by atoms with Crippen molar-refractivity contribution in [2.45, 2.75) is 6.92 Å². The van der Waals surface area contributed by atoms with E-state index in [1.54, 1.807) is 19.2 Å². The summed E-state index contributed by atoms with van der Waals surface area (Å²) in [7, 11) is 0. The number of nitrogens with zero attached hydrogens (tertiary/aromatic N) is 3. The van der Waals surface area contributed by atoms with Gasteiger partial charge in [0.25, 0.3) is 0 Å². The second kappa shape index (κ2) is 4.61. The average molecular weight is 288 g/mol. The minimum atomic E-state index is -1.02. The van der Waals surface area contributed by atoms with E-state index in [9.17, 15) is 4.79 Å². The number of carbonyl (C=O) groups is 1. The Morgan fingerprint density at radius 1 is 1.35 bits per heavy atom. The summed E-state index contributed by atoms with van der Waals surface area (Å²) in [6.07, 6.45) is 3.01. The molecule has 0 unspecified atom stereocenters. The van der Waals surface area contributed by atoms with Gasteiger partial charge in [0.05, 0.1) is 17.5 Å². The van der Waals surface area contributed by atoms with Gasteiger partial charge in [-0.25, -0.2) is 14.3 Å². The zero-order valence-electron chi connectivity index (χ0n) is 10.5. The van der Waals surface area contributed by atoms with Crippen molar-refractivity contribution in [1.29, 1.82) is 0 Å². The molecule has 5 nitrogen and oxygen atoms in total. The molecular weight excluding hydrogens is 278 g/mol. The van der Waals surface area contributed by atoms with Crippen molar-refractivity contribution in [3.8, 4) is 11.1 Å². The molecule has 0 amide bonds. The van der Waals surface area contributed by atoms with Crippen molar-refractivity contribution in [2.75, 3.05) is 0 Å². The number of halogens is 1. The van der Waals surface area contributed by atoms with Crippen LogP contribution in [0.1, 0.15) is 16.1 Å². The number of fused-ring (bicyclic) bond motifs is 1. The van der Waals surface area contributed by atoms with Crippen LogP contribution in [0.5, 0.6) is 0 Å². The Labute approximate surface area is 119 Å². The summed E-state index contributed by atoms with van der Waals surface area (Å²) in [6, 6.07) is 7.36. The molecule has 0 aliphatic heterocycles. The van der Waals surface area contributed by atoms with Crippen LogP contribution in [0.25, 0.3) is 16.8 Å². The van der Waals surface area contributed by atoms with Crippen molar-refractivity contribution >= 4 is 23.2 Å². The fraction of sp³-hybridized carbons (Fsp3) is 0.0714. The fourth-order valence-electron chi connectivity index (χ4n) is 2.11. The third kappa shape index (κ3) is 1.92.